The molecule has 25 heavy (non-hydrogen) atoms. The van der Waals surface area contributed by atoms with Gasteiger partial charge in [0.1, 0.15) is 0 Å². The van der Waals surface area contributed by atoms with Gasteiger partial charge >= 0.3 is 0 Å². The average Bonchev–Trinajstić information content (AvgIpc) is 2.64. The lowest BCUT2D eigenvalue weighted by atomic mass is 10.2. The van der Waals surface area contributed by atoms with Crippen LogP contribution in [0, 0.1) is 6.92 Å². The van der Waals surface area contributed by atoms with E-state index in [4.69, 9.17) is 11.6 Å². The van der Waals surface area contributed by atoms with E-state index in [1.165, 1.54) is 0 Å². The van der Waals surface area contributed by atoms with E-state index in [9.17, 15) is 4.79 Å². The van der Waals surface area contributed by atoms with Crippen molar-refractivity contribution in [3.05, 3.63) is 46.7 Å². The highest BCUT2D eigenvalue weighted by Crippen LogP contribution is 2.20. The number of hydrogen-bond donors (Lipinski definition) is 1. The summed E-state index contributed by atoms with van der Waals surface area (Å²) in [5.74, 6) is 0.447. The summed E-state index contributed by atoms with van der Waals surface area (Å²) in [6.45, 7) is 8.97. The van der Waals surface area contributed by atoms with E-state index in [-0.39, 0.29) is 5.91 Å². The molecule has 1 amide bonds. The Labute approximate surface area is 152 Å². The van der Waals surface area contributed by atoms with Crippen molar-refractivity contribution in [2.45, 2.75) is 13.8 Å². The zero-order valence-corrected chi connectivity index (χ0v) is 15.3. The number of carbonyl (C=O) groups is 1. The van der Waals surface area contributed by atoms with Crippen molar-refractivity contribution in [3.8, 4) is 0 Å². The summed E-state index contributed by atoms with van der Waals surface area (Å²) in [6, 6.07) is 5.35. The Morgan fingerprint density at radius 1 is 1.20 bits per heavy atom. The molecule has 0 radical (unpaired) electrons. The lowest BCUT2D eigenvalue weighted by Crippen LogP contribution is -2.46. The highest BCUT2D eigenvalue weighted by molar-refractivity contribution is 6.30. The summed E-state index contributed by atoms with van der Waals surface area (Å²) in [5.41, 5.74) is 2.08. The molecule has 7 heteroatoms. The van der Waals surface area contributed by atoms with Crippen molar-refractivity contribution in [3.63, 3.8) is 0 Å². The molecule has 1 aromatic heterocycles. The second-order valence-corrected chi connectivity index (χ2v) is 6.54. The molecule has 1 aliphatic rings. The Bertz CT molecular complexity index is 742. The van der Waals surface area contributed by atoms with Crippen LogP contribution in [-0.2, 0) is 0 Å². The van der Waals surface area contributed by atoms with Crippen molar-refractivity contribution >= 4 is 29.1 Å². The number of halogens is 1. The fourth-order valence-electron chi connectivity index (χ4n) is 2.83. The second kappa shape index (κ2) is 7.80. The molecule has 0 unspecified atom stereocenters. The third-order valence-corrected chi connectivity index (χ3v) is 4.67. The van der Waals surface area contributed by atoms with Crippen molar-refractivity contribution in [1.29, 1.82) is 0 Å². The van der Waals surface area contributed by atoms with Crippen LogP contribution in [0.4, 0.5) is 11.6 Å². The quantitative estimate of drug-likeness (QED) is 0.909. The van der Waals surface area contributed by atoms with Crippen LogP contribution < -0.4 is 10.2 Å². The number of aromatic nitrogens is 2. The number of anilines is 2. The van der Waals surface area contributed by atoms with Gasteiger partial charge in [0.25, 0.3) is 5.91 Å². The highest BCUT2D eigenvalue weighted by Gasteiger charge is 2.18. The fourth-order valence-corrected chi connectivity index (χ4v) is 3.05. The molecule has 132 valence electrons. The minimum Gasteiger partial charge on any atom is -0.338 e. The minimum absolute atomic E-state index is 0.229. The van der Waals surface area contributed by atoms with E-state index in [0.717, 1.165) is 44.0 Å². The van der Waals surface area contributed by atoms with Crippen LogP contribution in [-0.4, -0.2) is 53.5 Å². The number of nitrogens with zero attached hydrogens (tertiary/aromatic N) is 4. The van der Waals surface area contributed by atoms with Gasteiger partial charge in [-0.2, -0.15) is 0 Å². The molecule has 0 spiro atoms. The number of nitrogens with one attached hydrogen (secondary N) is 1. The number of likely N-dealkylation sites (N-methyl/N-ethyl adjacent to an activating group) is 1. The Balaban J connectivity index is 1.64. The molecule has 1 fully saturated rings. The smallest absolute Gasteiger partial charge is 0.258 e. The maximum Gasteiger partial charge on any atom is 0.258 e. The topological polar surface area (TPSA) is 61.4 Å². The number of benzene rings is 1. The molecule has 0 bridgehead atoms. The highest BCUT2D eigenvalue weighted by atomic mass is 35.5. The third kappa shape index (κ3) is 4.27. The molecule has 1 N–H and O–H groups in total. The van der Waals surface area contributed by atoms with Crippen LogP contribution in [0.2, 0.25) is 5.02 Å². The monoisotopic (exact) mass is 359 g/mol. The number of aryl methyl sites for hydroxylation is 1. The molecule has 0 saturated carbocycles. The third-order valence-electron chi connectivity index (χ3n) is 4.44. The number of hydrogen-bond acceptors (Lipinski definition) is 5. The first-order valence-electron chi connectivity index (χ1n) is 8.43. The van der Waals surface area contributed by atoms with Crippen molar-refractivity contribution in [2.75, 3.05) is 42.9 Å². The SMILES string of the molecule is CCN1CCN(c2ncc(C(=O)Nc3ccc(Cl)cc3C)cn2)CC1. The van der Waals surface area contributed by atoms with Crippen molar-refractivity contribution in [2.24, 2.45) is 0 Å². The first-order chi connectivity index (χ1) is 12.1. The van der Waals surface area contributed by atoms with Gasteiger partial charge in [0.15, 0.2) is 0 Å². The van der Waals surface area contributed by atoms with E-state index in [1.807, 2.05) is 13.0 Å². The first-order valence-corrected chi connectivity index (χ1v) is 8.81. The predicted octanol–water partition coefficient (Wildman–Crippen LogP) is 2.83. The molecule has 6 nitrogen and oxygen atoms in total. The average molecular weight is 360 g/mol. The number of carbonyl (C=O) groups excluding carboxylic acids is 1. The van der Waals surface area contributed by atoms with Crippen LogP contribution in [0.3, 0.4) is 0 Å². The second-order valence-electron chi connectivity index (χ2n) is 6.11. The van der Waals surface area contributed by atoms with Gasteiger partial charge in [-0.1, -0.05) is 18.5 Å². The summed E-state index contributed by atoms with van der Waals surface area (Å²) >= 11 is 5.94. The Hall–Kier alpha value is -2.18. The van der Waals surface area contributed by atoms with E-state index in [0.29, 0.717) is 16.5 Å². The van der Waals surface area contributed by atoms with Gasteiger partial charge in [0.05, 0.1) is 5.56 Å². The zero-order chi connectivity index (χ0) is 17.8. The molecule has 3 rings (SSSR count). The van der Waals surface area contributed by atoms with Gasteiger partial charge in [-0.25, -0.2) is 9.97 Å². The van der Waals surface area contributed by atoms with E-state index < -0.39 is 0 Å². The standard InChI is InChI=1S/C18H22ClN5O/c1-3-23-6-8-24(9-7-23)18-20-11-14(12-21-18)17(25)22-16-5-4-15(19)10-13(16)2/h4-5,10-12H,3,6-9H2,1-2H3,(H,22,25). The van der Waals surface area contributed by atoms with Gasteiger partial charge in [0, 0.05) is 49.3 Å². The Kier molecular flexibility index (Phi) is 5.50. The van der Waals surface area contributed by atoms with Crippen LogP contribution in [0.25, 0.3) is 0 Å². The van der Waals surface area contributed by atoms with E-state index in [1.54, 1.807) is 24.5 Å². The Morgan fingerprint density at radius 2 is 1.88 bits per heavy atom. The van der Waals surface area contributed by atoms with Gasteiger partial charge in [-0.15, -0.1) is 0 Å². The molecule has 0 aliphatic carbocycles. The summed E-state index contributed by atoms with van der Waals surface area (Å²) < 4.78 is 0. The summed E-state index contributed by atoms with van der Waals surface area (Å²) in [7, 11) is 0. The molecular weight excluding hydrogens is 338 g/mol. The lowest BCUT2D eigenvalue weighted by Gasteiger charge is -2.33. The minimum atomic E-state index is -0.229. The number of rotatable bonds is 4. The normalized spacial score (nSPS) is 15.2. The van der Waals surface area contributed by atoms with Crippen LogP contribution in [0.1, 0.15) is 22.8 Å². The van der Waals surface area contributed by atoms with Crippen LogP contribution in [0.5, 0.6) is 0 Å². The van der Waals surface area contributed by atoms with Crippen molar-refractivity contribution < 1.29 is 4.79 Å². The van der Waals surface area contributed by atoms with E-state index >= 15 is 0 Å². The largest absolute Gasteiger partial charge is 0.338 e. The fraction of sp³-hybridized carbons (Fsp3) is 0.389. The summed E-state index contributed by atoms with van der Waals surface area (Å²) in [5, 5.41) is 3.51. The molecule has 1 aliphatic heterocycles. The van der Waals surface area contributed by atoms with Gasteiger partial charge < -0.3 is 15.1 Å². The van der Waals surface area contributed by atoms with Gasteiger partial charge in [-0.05, 0) is 37.2 Å². The maximum absolute atomic E-state index is 12.4. The molecule has 1 saturated heterocycles. The van der Waals surface area contributed by atoms with Crippen molar-refractivity contribution in [1.82, 2.24) is 14.9 Å². The van der Waals surface area contributed by atoms with Crippen LogP contribution >= 0.6 is 11.6 Å². The van der Waals surface area contributed by atoms with Gasteiger partial charge in [-0.3, -0.25) is 4.79 Å². The maximum atomic E-state index is 12.4. The molecular formula is C18H22ClN5O. The molecule has 0 atom stereocenters. The molecule has 2 aromatic rings. The number of piperazine rings is 1. The first kappa shape index (κ1) is 17.6. The zero-order valence-electron chi connectivity index (χ0n) is 14.5. The summed E-state index contributed by atoms with van der Waals surface area (Å²) in [6.07, 6.45) is 3.16. The predicted molar refractivity (Wildman–Crippen MR) is 101 cm³/mol. The number of amides is 1. The van der Waals surface area contributed by atoms with Gasteiger partial charge in [0.2, 0.25) is 5.95 Å². The summed E-state index contributed by atoms with van der Waals surface area (Å²) in [4.78, 5) is 25.7. The van der Waals surface area contributed by atoms with Crippen LogP contribution in [0.15, 0.2) is 30.6 Å². The molecule has 1 aromatic carbocycles. The van der Waals surface area contributed by atoms with E-state index in [2.05, 4.69) is 32.0 Å². The molecule has 2 heterocycles. The lowest BCUT2D eigenvalue weighted by molar-refractivity contribution is 0.102. The Morgan fingerprint density at radius 3 is 2.48 bits per heavy atom.